The van der Waals surface area contributed by atoms with Gasteiger partial charge in [0.1, 0.15) is 5.75 Å². The second kappa shape index (κ2) is 6.76. The molecule has 0 saturated carbocycles. The second-order valence-corrected chi connectivity index (χ2v) is 7.91. The van der Waals surface area contributed by atoms with Crippen LogP contribution in [0.5, 0.6) is 5.75 Å². The third-order valence-electron chi connectivity index (χ3n) is 4.09. The van der Waals surface area contributed by atoms with Gasteiger partial charge in [0.2, 0.25) is 10.0 Å². The molecule has 0 aromatic heterocycles. The highest BCUT2D eigenvalue weighted by Gasteiger charge is 2.31. The Morgan fingerprint density at radius 1 is 1.16 bits per heavy atom. The first kappa shape index (κ1) is 17.3. The highest BCUT2D eigenvalue weighted by molar-refractivity contribution is 7.92. The van der Waals surface area contributed by atoms with Crippen molar-refractivity contribution in [3.05, 3.63) is 54.1 Å². The first-order valence-electron chi connectivity index (χ1n) is 7.96. The third kappa shape index (κ3) is 3.76. The van der Waals surface area contributed by atoms with Crippen LogP contribution >= 0.6 is 0 Å². The van der Waals surface area contributed by atoms with Gasteiger partial charge in [-0.2, -0.15) is 0 Å². The SMILES string of the molecule is Cc1ccccc1NC(=O)C1CCN(S(C)(=O)=O)c2ccccc2O1. The van der Waals surface area contributed by atoms with E-state index in [1.807, 2.05) is 31.2 Å². The number of nitrogens with one attached hydrogen (secondary N) is 1. The van der Waals surface area contributed by atoms with Crippen molar-refractivity contribution in [2.45, 2.75) is 19.4 Å². The van der Waals surface area contributed by atoms with Gasteiger partial charge in [0.05, 0.1) is 11.9 Å². The molecule has 2 aromatic rings. The van der Waals surface area contributed by atoms with Gasteiger partial charge in [-0.25, -0.2) is 8.42 Å². The number of rotatable bonds is 3. The molecular formula is C18H20N2O4S. The maximum Gasteiger partial charge on any atom is 0.265 e. The Labute approximate surface area is 147 Å². The lowest BCUT2D eigenvalue weighted by molar-refractivity contribution is -0.122. The number of hydrogen-bond acceptors (Lipinski definition) is 4. The number of ether oxygens (including phenoxy) is 1. The van der Waals surface area contributed by atoms with Crippen LogP contribution in [0.25, 0.3) is 0 Å². The summed E-state index contributed by atoms with van der Waals surface area (Å²) in [5.74, 6) is 0.0924. The maximum absolute atomic E-state index is 12.6. The maximum atomic E-state index is 12.6. The Hall–Kier alpha value is -2.54. The molecule has 1 heterocycles. The number of anilines is 2. The van der Waals surface area contributed by atoms with E-state index in [4.69, 9.17) is 4.74 Å². The number of hydrogen-bond donors (Lipinski definition) is 1. The predicted octanol–water partition coefficient (Wildman–Crippen LogP) is 2.55. The Morgan fingerprint density at radius 3 is 2.56 bits per heavy atom. The molecule has 1 atom stereocenters. The van der Waals surface area contributed by atoms with Crippen molar-refractivity contribution < 1.29 is 17.9 Å². The molecule has 0 saturated heterocycles. The van der Waals surface area contributed by atoms with Crippen LogP contribution in [0, 0.1) is 6.92 Å². The van der Waals surface area contributed by atoms with Crippen LogP contribution in [0.4, 0.5) is 11.4 Å². The van der Waals surface area contributed by atoms with Crippen LogP contribution in [0.1, 0.15) is 12.0 Å². The molecule has 1 unspecified atom stereocenters. The molecule has 1 amide bonds. The summed E-state index contributed by atoms with van der Waals surface area (Å²) >= 11 is 0. The number of fused-ring (bicyclic) bond motifs is 1. The zero-order valence-electron chi connectivity index (χ0n) is 14.1. The van der Waals surface area contributed by atoms with Crippen LogP contribution < -0.4 is 14.4 Å². The molecule has 1 aliphatic heterocycles. The number of sulfonamides is 1. The summed E-state index contributed by atoms with van der Waals surface area (Å²) in [6.45, 7) is 2.09. The van der Waals surface area contributed by atoms with Crippen LogP contribution in [0.15, 0.2) is 48.5 Å². The summed E-state index contributed by atoms with van der Waals surface area (Å²) in [5, 5.41) is 2.86. The van der Waals surface area contributed by atoms with E-state index in [-0.39, 0.29) is 18.9 Å². The van der Waals surface area contributed by atoms with E-state index in [9.17, 15) is 13.2 Å². The second-order valence-electron chi connectivity index (χ2n) is 6.00. The summed E-state index contributed by atoms with van der Waals surface area (Å²) in [7, 11) is -3.46. The van der Waals surface area contributed by atoms with Gasteiger partial charge in [0.15, 0.2) is 6.10 Å². The number of carbonyl (C=O) groups is 1. The topological polar surface area (TPSA) is 75.7 Å². The quantitative estimate of drug-likeness (QED) is 0.913. The molecule has 2 aromatic carbocycles. The zero-order chi connectivity index (χ0) is 18.0. The third-order valence-corrected chi connectivity index (χ3v) is 5.27. The number of nitrogens with zero attached hydrogens (tertiary/aromatic N) is 1. The van der Waals surface area contributed by atoms with E-state index in [1.54, 1.807) is 24.3 Å². The van der Waals surface area contributed by atoms with E-state index in [1.165, 1.54) is 4.31 Å². The van der Waals surface area contributed by atoms with Crippen molar-refractivity contribution in [1.82, 2.24) is 0 Å². The lowest BCUT2D eigenvalue weighted by atomic mass is 10.2. The molecule has 0 bridgehead atoms. The predicted molar refractivity (Wildman–Crippen MR) is 97.5 cm³/mol. The Bertz CT molecular complexity index is 895. The van der Waals surface area contributed by atoms with Crippen LogP contribution in [-0.2, 0) is 14.8 Å². The minimum absolute atomic E-state index is 0.182. The fourth-order valence-corrected chi connectivity index (χ4v) is 3.73. The Morgan fingerprint density at radius 2 is 1.84 bits per heavy atom. The number of aryl methyl sites for hydroxylation is 1. The number of carbonyl (C=O) groups excluding carboxylic acids is 1. The molecule has 1 N–H and O–H groups in total. The van der Waals surface area contributed by atoms with Gasteiger partial charge >= 0.3 is 0 Å². The Balaban J connectivity index is 1.86. The van der Waals surface area contributed by atoms with Gasteiger partial charge < -0.3 is 10.1 Å². The van der Waals surface area contributed by atoms with Gasteiger partial charge in [0.25, 0.3) is 5.91 Å². The minimum Gasteiger partial charge on any atom is -0.478 e. The van der Waals surface area contributed by atoms with Crippen molar-refractivity contribution in [1.29, 1.82) is 0 Å². The van der Waals surface area contributed by atoms with Gasteiger partial charge in [-0.3, -0.25) is 9.10 Å². The summed E-state index contributed by atoms with van der Waals surface area (Å²) < 4.78 is 31.3. The highest BCUT2D eigenvalue weighted by Crippen LogP contribution is 2.34. The van der Waals surface area contributed by atoms with Crippen molar-refractivity contribution >= 4 is 27.3 Å². The molecule has 1 aliphatic rings. The fraction of sp³-hybridized carbons (Fsp3) is 0.278. The Kier molecular flexibility index (Phi) is 4.67. The first-order chi connectivity index (χ1) is 11.9. The average Bonchev–Trinajstić information content (AvgIpc) is 2.76. The van der Waals surface area contributed by atoms with Crippen molar-refractivity contribution in [3.63, 3.8) is 0 Å². The largest absolute Gasteiger partial charge is 0.478 e. The van der Waals surface area contributed by atoms with Crippen molar-refractivity contribution in [3.8, 4) is 5.75 Å². The fourth-order valence-electron chi connectivity index (χ4n) is 2.79. The van der Waals surface area contributed by atoms with Crippen LogP contribution in [0.3, 0.4) is 0 Å². The van der Waals surface area contributed by atoms with E-state index in [0.29, 0.717) is 17.1 Å². The first-order valence-corrected chi connectivity index (χ1v) is 9.81. The molecule has 0 aliphatic carbocycles. The highest BCUT2D eigenvalue weighted by atomic mass is 32.2. The molecule has 0 fully saturated rings. The number of amides is 1. The van der Waals surface area contributed by atoms with Crippen molar-refractivity contribution in [2.75, 3.05) is 22.4 Å². The number of para-hydroxylation sites is 3. The molecule has 0 spiro atoms. The molecular weight excluding hydrogens is 340 g/mol. The van der Waals surface area contributed by atoms with E-state index in [2.05, 4.69) is 5.32 Å². The number of benzene rings is 2. The smallest absolute Gasteiger partial charge is 0.265 e. The lowest BCUT2D eigenvalue weighted by Crippen LogP contribution is -2.36. The van der Waals surface area contributed by atoms with Gasteiger partial charge in [-0.15, -0.1) is 0 Å². The van der Waals surface area contributed by atoms with E-state index < -0.39 is 16.1 Å². The van der Waals surface area contributed by atoms with E-state index >= 15 is 0 Å². The summed E-state index contributed by atoms with van der Waals surface area (Å²) in [6.07, 6.45) is 0.643. The molecule has 132 valence electrons. The van der Waals surface area contributed by atoms with Gasteiger partial charge in [0, 0.05) is 18.7 Å². The summed E-state index contributed by atoms with van der Waals surface area (Å²) in [5.41, 5.74) is 2.12. The van der Waals surface area contributed by atoms with Gasteiger partial charge in [-0.1, -0.05) is 30.3 Å². The summed E-state index contributed by atoms with van der Waals surface area (Å²) in [4.78, 5) is 12.6. The lowest BCUT2D eigenvalue weighted by Gasteiger charge is -2.20. The summed E-state index contributed by atoms with van der Waals surface area (Å²) in [6, 6.07) is 14.3. The molecule has 0 radical (unpaired) electrons. The zero-order valence-corrected chi connectivity index (χ0v) is 14.9. The van der Waals surface area contributed by atoms with Gasteiger partial charge in [-0.05, 0) is 30.7 Å². The standard InChI is InChI=1S/C18H20N2O4S/c1-13-7-3-4-8-14(13)19-18(21)17-11-12-20(25(2,22)23)15-9-5-6-10-16(15)24-17/h3-10,17H,11-12H2,1-2H3,(H,19,21). The van der Waals surface area contributed by atoms with Crippen LogP contribution in [0.2, 0.25) is 0 Å². The monoisotopic (exact) mass is 360 g/mol. The van der Waals surface area contributed by atoms with E-state index in [0.717, 1.165) is 11.8 Å². The molecule has 25 heavy (non-hydrogen) atoms. The molecule has 3 rings (SSSR count). The average molecular weight is 360 g/mol. The minimum atomic E-state index is -3.46. The van der Waals surface area contributed by atoms with Crippen LogP contribution in [-0.4, -0.2) is 33.2 Å². The molecule has 7 heteroatoms. The van der Waals surface area contributed by atoms with Crippen molar-refractivity contribution in [2.24, 2.45) is 0 Å². The molecule has 6 nitrogen and oxygen atoms in total. The normalized spacial score (nSPS) is 17.2.